The van der Waals surface area contributed by atoms with Crippen molar-refractivity contribution in [2.24, 2.45) is 0 Å². The highest BCUT2D eigenvalue weighted by Crippen LogP contribution is 2.60. The number of nitrogens with zero attached hydrogens (tertiary/aromatic N) is 1. The van der Waals surface area contributed by atoms with Crippen LogP contribution < -0.4 is 0 Å². The Hall–Kier alpha value is -1.08. The lowest BCUT2D eigenvalue weighted by Gasteiger charge is -2.27. The molecule has 0 radical (unpaired) electrons. The monoisotopic (exact) mass is 411 g/mol. The van der Waals surface area contributed by atoms with E-state index in [-0.39, 0.29) is 15.4 Å². The van der Waals surface area contributed by atoms with E-state index in [1.165, 1.54) is 12.1 Å². The van der Waals surface area contributed by atoms with Gasteiger partial charge in [-0.2, -0.15) is 26.3 Å². The van der Waals surface area contributed by atoms with Gasteiger partial charge in [-0.15, -0.1) is 0 Å². The molecule has 0 unspecified atom stereocenters. The van der Waals surface area contributed by atoms with Crippen molar-refractivity contribution in [3.8, 4) is 0 Å². The lowest BCUT2D eigenvalue weighted by atomic mass is 10.1. The number of amides is 2. The van der Waals surface area contributed by atoms with Crippen LogP contribution in [0.25, 0.3) is 0 Å². The highest BCUT2D eigenvalue weighted by Gasteiger charge is 2.56. The first-order valence-electron chi connectivity index (χ1n) is 5.71. The summed E-state index contributed by atoms with van der Waals surface area (Å²) < 4.78 is 84.5. The third-order valence-corrected chi connectivity index (χ3v) is 5.56. The van der Waals surface area contributed by atoms with Crippen LogP contribution in [0.1, 0.15) is 20.7 Å². The Labute approximate surface area is 142 Å². The van der Waals surface area contributed by atoms with Crippen molar-refractivity contribution in [3.05, 3.63) is 35.4 Å². The molecule has 0 fully saturated rings. The molecule has 1 heterocycles. The number of hydrogen-bond acceptors (Lipinski definition) is 5. The van der Waals surface area contributed by atoms with E-state index >= 15 is 0 Å². The number of hydrogen-bond donors (Lipinski definition) is 0. The van der Waals surface area contributed by atoms with Crippen LogP contribution in [0.5, 0.6) is 0 Å². The van der Waals surface area contributed by atoms with Crippen LogP contribution in [0.4, 0.5) is 30.7 Å². The first kappa shape index (κ1) is 19.2. The van der Waals surface area contributed by atoms with Gasteiger partial charge >= 0.3 is 11.0 Å². The molecule has 1 aliphatic heterocycles. The van der Waals surface area contributed by atoms with Crippen LogP contribution in [0.15, 0.2) is 24.3 Å². The lowest BCUT2D eigenvalue weighted by molar-refractivity contribution is -0.0364. The fourth-order valence-electron chi connectivity index (χ4n) is 1.69. The molecule has 0 aromatic heterocycles. The van der Waals surface area contributed by atoms with Gasteiger partial charge in [0.15, 0.2) is 0 Å². The fraction of sp³-hybridized carbons (Fsp3) is 0.273. The van der Waals surface area contributed by atoms with Crippen LogP contribution in [-0.4, -0.2) is 30.8 Å². The van der Waals surface area contributed by atoms with Crippen molar-refractivity contribution >= 4 is 47.3 Å². The molecule has 1 aliphatic rings. The Kier molecular flexibility index (Phi) is 5.08. The molecule has 132 valence electrons. The molecule has 0 atom stereocenters. The quantitative estimate of drug-likeness (QED) is 0.301. The van der Waals surface area contributed by atoms with E-state index in [0.717, 1.165) is 12.1 Å². The normalized spacial score (nSPS) is 15.9. The molecule has 0 saturated carbocycles. The Balaban J connectivity index is 2.31. The summed E-state index contributed by atoms with van der Waals surface area (Å²) in [4.78, 5) is 23.9. The molecular weight excluding hydrogens is 407 g/mol. The summed E-state index contributed by atoms with van der Waals surface area (Å²) in [6.07, 6.45) is 0. The van der Waals surface area contributed by atoms with Gasteiger partial charge in [-0.1, -0.05) is 12.1 Å². The van der Waals surface area contributed by atoms with Crippen molar-refractivity contribution in [2.45, 2.75) is 14.7 Å². The average molecular weight is 411 g/mol. The van der Waals surface area contributed by atoms with Crippen LogP contribution >= 0.6 is 35.5 Å². The van der Waals surface area contributed by atoms with Crippen molar-refractivity contribution < 1.29 is 40.3 Å². The minimum absolute atomic E-state index is 0.0395. The molecule has 0 spiro atoms. The summed E-state index contributed by atoms with van der Waals surface area (Å²) in [7, 11) is 0. The summed E-state index contributed by atoms with van der Waals surface area (Å²) in [6.45, 7) is 0. The number of carbonyl (C=O) groups excluding carboxylic acids is 2. The second-order valence-electron chi connectivity index (χ2n) is 4.12. The third kappa shape index (κ3) is 4.51. The maximum absolute atomic E-state index is 14.3. The SMILES string of the molecule is O=C1c2ccccc2C(=O)N1SC(F)(SC(F)(F)F)SC(F)(F)F. The number of benzene rings is 1. The zero-order valence-electron chi connectivity index (χ0n) is 10.9. The summed E-state index contributed by atoms with van der Waals surface area (Å²) >= 11 is -3.98. The molecule has 2 amide bonds. The van der Waals surface area contributed by atoms with Crippen molar-refractivity contribution in [3.63, 3.8) is 0 Å². The first-order chi connectivity index (χ1) is 10.8. The molecule has 2 rings (SSSR count). The number of imide groups is 1. The smallest absolute Gasteiger partial charge is 0.268 e. The van der Waals surface area contributed by atoms with Gasteiger partial charge in [0.25, 0.3) is 15.5 Å². The zero-order chi connectivity index (χ0) is 18.3. The van der Waals surface area contributed by atoms with E-state index < -0.39 is 62.0 Å². The number of thioether (sulfide) groups is 2. The number of alkyl halides is 7. The van der Waals surface area contributed by atoms with E-state index in [0.29, 0.717) is 0 Å². The molecule has 13 heteroatoms. The largest absolute Gasteiger partial charge is 0.446 e. The van der Waals surface area contributed by atoms with Gasteiger partial charge in [0, 0.05) is 35.5 Å². The van der Waals surface area contributed by atoms with E-state index in [1.807, 2.05) is 0 Å². The van der Waals surface area contributed by atoms with Crippen LogP contribution in [-0.2, 0) is 0 Å². The Morgan fingerprint density at radius 3 is 1.46 bits per heavy atom. The van der Waals surface area contributed by atoms with E-state index in [9.17, 15) is 40.3 Å². The van der Waals surface area contributed by atoms with Crippen molar-refractivity contribution in [1.29, 1.82) is 0 Å². The van der Waals surface area contributed by atoms with E-state index in [2.05, 4.69) is 0 Å². The minimum Gasteiger partial charge on any atom is -0.268 e. The second-order valence-corrected chi connectivity index (χ2v) is 8.46. The highest BCUT2D eigenvalue weighted by molar-refractivity contribution is 8.33. The molecule has 0 saturated heterocycles. The predicted molar refractivity (Wildman–Crippen MR) is 75.7 cm³/mol. The summed E-state index contributed by atoms with van der Waals surface area (Å²) in [5.74, 6) is -2.37. The molecule has 0 N–H and O–H groups in total. The van der Waals surface area contributed by atoms with Crippen LogP contribution in [0, 0.1) is 0 Å². The third-order valence-electron chi connectivity index (χ3n) is 2.43. The molecule has 0 bridgehead atoms. The number of fused-ring (bicyclic) bond motifs is 1. The Morgan fingerprint density at radius 1 is 0.750 bits per heavy atom. The van der Waals surface area contributed by atoms with Gasteiger partial charge in [-0.05, 0) is 12.1 Å². The highest BCUT2D eigenvalue weighted by atomic mass is 32.3. The minimum atomic E-state index is -5.36. The van der Waals surface area contributed by atoms with E-state index in [1.54, 1.807) is 0 Å². The number of halogens is 7. The topological polar surface area (TPSA) is 37.4 Å². The predicted octanol–water partition coefficient (Wildman–Crippen LogP) is 5.02. The van der Waals surface area contributed by atoms with E-state index in [4.69, 9.17) is 0 Å². The maximum Gasteiger partial charge on any atom is 0.446 e. The summed E-state index contributed by atoms with van der Waals surface area (Å²) in [5, 5.41) is 0. The van der Waals surface area contributed by atoms with Gasteiger partial charge < -0.3 is 0 Å². The van der Waals surface area contributed by atoms with Gasteiger partial charge in [0.05, 0.1) is 11.1 Å². The molecule has 24 heavy (non-hydrogen) atoms. The summed E-state index contributed by atoms with van der Waals surface area (Å²) in [6, 6.07) is 5.00. The lowest BCUT2D eigenvalue weighted by Crippen LogP contribution is -2.31. The average Bonchev–Trinajstić information content (AvgIpc) is 2.60. The Morgan fingerprint density at radius 2 is 1.12 bits per heavy atom. The van der Waals surface area contributed by atoms with Gasteiger partial charge in [-0.25, -0.2) is 8.70 Å². The maximum atomic E-state index is 14.3. The number of rotatable bonds is 4. The Bertz CT molecular complexity index is 625. The summed E-state index contributed by atoms with van der Waals surface area (Å²) in [5.41, 5.74) is -11.2. The van der Waals surface area contributed by atoms with Crippen molar-refractivity contribution in [2.75, 3.05) is 0 Å². The van der Waals surface area contributed by atoms with Crippen LogP contribution in [0.3, 0.4) is 0 Å². The van der Waals surface area contributed by atoms with Gasteiger partial charge in [-0.3, -0.25) is 9.59 Å². The molecular formula is C11H4F7NO2S3. The standard InChI is InChI=1S/C11H4F7NO2S3/c12-9(13,14)22-11(18,23-10(15,16)17)24-19-7(20)5-3-1-2-4-6(5)8(19)21/h1-4H. The molecule has 0 aliphatic carbocycles. The second kappa shape index (κ2) is 6.33. The van der Waals surface area contributed by atoms with Crippen molar-refractivity contribution in [1.82, 2.24) is 4.31 Å². The molecule has 3 nitrogen and oxygen atoms in total. The van der Waals surface area contributed by atoms with Gasteiger partial charge in [0.2, 0.25) is 0 Å². The fourth-order valence-corrected chi connectivity index (χ4v) is 4.87. The van der Waals surface area contributed by atoms with Crippen LogP contribution in [0.2, 0.25) is 0 Å². The number of carbonyl (C=O) groups is 2. The zero-order valence-corrected chi connectivity index (χ0v) is 13.4. The molecule has 1 aromatic rings. The molecule has 1 aromatic carbocycles. The van der Waals surface area contributed by atoms with Gasteiger partial charge in [0.1, 0.15) is 0 Å². The first-order valence-corrected chi connectivity index (χ1v) is 8.12.